The van der Waals surface area contributed by atoms with Crippen LogP contribution in [-0.4, -0.2) is 11.1 Å². The van der Waals surface area contributed by atoms with Gasteiger partial charge in [0.15, 0.2) is 0 Å². The number of ether oxygens (including phenoxy) is 1. The number of pyridine rings is 1. The molecule has 1 aromatic heterocycles. The SMILES string of the molecule is CC.CC(C)Oc1ccncc1C(C)C. The molecule has 0 aliphatic carbocycles. The first-order valence-corrected chi connectivity index (χ1v) is 5.71. The average molecular weight is 209 g/mol. The van der Waals surface area contributed by atoms with Crippen molar-refractivity contribution in [2.24, 2.45) is 0 Å². The summed E-state index contributed by atoms with van der Waals surface area (Å²) >= 11 is 0. The Kier molecular flexibility index (Phi) is 6.76. The normalized spacial score (nSPS) is 9.87. The summed E-state index contributed by atoms with van der Waals surface area (Å²) in [7, 11) is 0. The predicted octanol–water partition coefficient (Wildman–Crippen LogP) is 4.02. The van der Waals surface area contributed by atoms with Crippen molar-refractivity contribution in [1.82, 2.24) is 4.98 Å². The van der Waals surface area contributed by atoms with Crippen LogP contribution in [0.5, 0.6) is 5.75 Å². The summed E-state index contributed by atoms with van der Waals surface area (Å²) in [6.07, 6.45) is 3.87. The fraction of sp³-hybridized carbons (Fsp3) is 0.615. The topological polar surface area (TPSA) is 22.1 Å². The number of hydrogen-bond acceptors (Lipinski definition) is 2. The van der Waals surface area contributed by atoms with Crippen molar-refractivity contribution in [3.8, 4) is 5.75 Å². The van der Waals surface area contributed by atoms with Gasteiger partial charge in [-0.05, 0) is 25.8 Å². The van der Waals surface area contributed by atoms with Crippen LogP contribution in [0.2, 0.25) is 0 Å². The molecule has 0 amide bonds. The molecule has 0 saturated carbocycles. The van der Waals surface area contributed by atoms with Gasteiger partial charge in [0, 0.05) is 18.0 Å². The van der Waals surface area contributed by atoms with Gasteiger partial charge in [0.25, 0.3) is 0 Å². The summed E-state index contributed by atoms with van der Waals surface area (Å²) in [6.45, 7) is 12.4. The highest BCUT2D eigenvalue weighted by Crippen LogP contribution is 2.25. The quantitative estimate of drug-likeness (QED) is 0.750. The van der Waals surface area contributed by atoms with E-state index in [0.29, 0.717) is 5.92 Å². The Balaban J connectivity index is 0.000000921. The van der Waals surface area contributed by atoms with E-state index in [1.54, 1.807) is 6.20 Å². The van der Waals surface area contributed by atoms with Crippen LogP contribution in [0.25, 0.3) is 0 Å². The molecular formula is C13H23NO. The Morgan fingerprint density at radius 3 is 2.20 bits per heavy atom. The summed E-state index contributed by atoms with van der Waals surface area (Å²) in [4.78, 5) is 4.09. The molecule has 0 N–H and O–H groups in total. The Hall–Kier alpha value is -1.05. The molecule has 1 aromatic rings. The van der Waals surface area contributed by atoms with Gasteiger partial charge in [-0.15, -0.1) is 0 Å². The van der Waals surface area contributed by atoms with E-state index in [9.17, 15) is 0 Å². The summed E-state index contributed by atoms with van der Waals surface area (Å²) in [5.41, 5.74) is 1.18. The maximum Gasteiger partial charge on any atom is 0.126 e. The third-order valence-corrected chi connectivity index (χ3v) is 1.79. The van der Waals surface area contributed by atoms with Gasteiger partial charge >= 0.3 is 0 Å². The Morgan fingerprint density at radius 1 is 1.13 bits per heavy atom. The lowest BCUT2D eigenvalue weighted by atomic mass is 10.1. The highest BCUT2D eigenvalue weighted by atomic mass is 16.5. The van der Waals surface area contributed by atoms with Gasteiger partial charge in [0.1, 0.15) is 5.75 Å². The zero-order chi connectivity index (χ0) is 11.8. The first-order chi connectivity index (χ1) is 7.11. The molecular weight excluding hydrogens is 186 g/mol. The summed E-state index contributed by atoms with van der Waals surface area (Å²) in [6, 6.07) is 1.93. The molecule has 0 aliphatic rings. The largest absolute Gasteiger partial charge is 0.491 e. The van der Waals surface area contributed by atoms with E-state index < -0.39 is 0 Å². The summed E-state index contributed by atoms with van der Waals surface area (Å²) < 4.78 is 5.67. The number of nitrogens with zero attached hydrogens (tertiary/aromatic N) is 1. The molecule has 2 nitrogen and oxygen atoms in total. The average Bonchev–Trinajstić information content (AvgIpc) is 2.20. The molecule has 1 heterocycles. The molecule has 0 bridgehead atoms. The van der Waals surface area contributed by atoms with E-state index in [4.69, 9.17) is 4.74 Å². The minimum absolute atomic E-state index is 0.222. The van der Waals surface area contributed by atoms with Gasteiger partial charge in [-0.25, -0.2) is 0 Å². The second-order valence-electron chi connectivity index (χ2n) is 3.73. The smallest absolute Gasteiger partial charge is 0.126 e. The second kappa shape index (κ2) is 7.27. The number of aromatic nitrogens is 1. The van der Waals surface area contributed by atoms with Crippen molar-refractivity contribution >= 4 is 0 Å². The van der Waals surface area contributed by atoms with E-state index in [1.165, 1.54) is 5.56 Å². The van der Waals surface area contributed by atoms with Gasteiger partial charge in [-0.2, -0.15) is 0 Å². The molecule has 0 atom stereocenters. The van der Waals surface area contributed by atoms with Crippen LogP contribution < -0.4 is 4.74 Å². The lowest BCUT2D eigenvalue weighted by Crippen LogP contribution is -2.08. The molecule has 0 unspecified atom stereocenters. The molecule has 2 heteroatoms. The first kappa shape index (κ1) is 13.9. The Labute approximate surface area is 93.7 Å². The van der Waals surface area contributed by atoms with Crippen molar-refractivity contribution < 1.29 is 4.74 Å². The minimum atomic E-state index is 0.222. The molecule has 1 rings (SSSR count). The van der Waals surface area contributed by atoms with Gasteiger partial charge in [-0.3, -0.25) is 4.98 Å². The predicted molar refractivity (Wildman–Crippen MR) is 65.4 cm³/mol. The van der Waals surface area contributed by atoms with Crippen LogP contribution in [-0.2, 0) is 0 Å². The van der Waals surface area contributed by atoms with Crippen molar-refractivity contribution in [3.05, 3.63) is 24.0 Å². The van der Waals surface area contributed by atoms with Crippen LogP contribution in [0.15, 0.2) is 18.5 Å². The van der Waals surface area contributed by atoms with Crippen molar-refractivity contribution in [2.45, 2.75) is 53.6 Å². The maximum atomic E-state index is 5.67. The maximum absolute atomic E-state index is 5.67. The molecule has 0 fully saturated rings. The van der Waals surface area contributed by atoms with Gasteiger partial charge in [0.05, 0.1) is 6.10 Å². The second-order valence-corrected chi connectivity index (χ2v) is 3.73. The van der Waals surface area contributed by atoms with E-state index in [-0.39, 0.29) is 6.10 Å². The summed E-state index contributed by atoms with van der Waals surface area (Å²) in [5.74, 6) is 1.42. The molecule has 0 saturated heterocycles. The van der Waals surface area contributed by atoms with Crippen molar-refractivity contribution in [2.75, 3.05) is 0 Å². The molecule has 0 spiro atoms. The van der Waals surface area contributed by atoms with Crippen LogP contribution >= 0.6 is 0 Å². The van der Waals surface area contributed by atoms with Crippen LogP contribution in [0.3, 0.4) is 0 Å². The standard InChI is InChI=1S/C11H17NO.C2H6/c1-8(2)10-7-12-6-5-11(10)13-9(3)4;1-2/h5-9H,1-4H3;1-2H3. The first-order valence-electron chi connectivity index (χ1n) is 5.71. The van der Waals surface area contributed by atoms with E-state index >= 15 is 0 Å². The lowest BCUT2D eigenvalue weighted by Gasteiger charge is -2.15. The third-order valence-electron chi connectivity index (χ3n) is 1.79. The van der Waals surface area contributed by atoms with Crippen LogP contribution in [0.1, 0.15) is 53.0 Å². The highest BCUT2D eigenvalue weighted by molar-refractivity contribution is 5.32. The molecule has 0 radical (unpaired) electrons. The fourth-order valence-corrected chi connectivity index (χ4v) is 1.19. The molecule has 15 heavy (non-hydrogen) atoms. The zero-order valence-corrected chi connectivity index (χ0v) is 10.7. The monoisotopic (exact) mass is 209 g/mol. The Morgan fingerprint density at radius 2 is 1.73 bits per heavy atom. The van der Waals surface area contributed by atoms with E-state index in [2.05, 4.69) is 18.8 Å². The Bertz CT molecular complexity index is 269. The van der Waals surface area contributed by atoms with E-state index in [0.717, 1.165) is 5.75 Å². The van der Waals surface area contributed by atoms with E-state index in [1.807, 2.05) is 40.0 Å². The van der Waals surface area contributed by atoms with Crippen LogP contribution in [0.4, 0.5) is 0 Å². The van der Waals surface area contributed by atoms with Crippen LogP contribution in [0, 0.1) is 0 Å². The molecule has 0 aliphatic heterocycles. The molecule has 86 valence electrons. The number of hydrogen-bond donors (Lipinski definition) is 0. The summed E-state index contributed by atoms with van der Waals surface area (Å²) in [5, 5.41) is 0. The fourth-order valence-electron chi connectivity index (χ4n) is 1.19. The lowest BCUT2D eigenvalue weighted by molar-refractivity contribution is 0.239. The van der Waals surface area contributed by atoms with Gasteiger partial charge < -0.3 is 4.74 Å². The minimum Gasteiger partial charge on any atom is -0.491 e. The zero-order valence-electron chi connectivity index (χ0n) is 10.7. The number of rotatable bonds is 3. The van der Waals surface area contributed by atoms with Crippen molar-refractivity contribution in [1.29, 1.82) is 0 Å². The third kappa shape index (κ3) is 4.82. The van der Waals surface area contributed by atoms with Crippen molar-refractivity contribution in [3.63, 3.8) is 0 Å². The molecule has 0 aromatic carbocycles. The van der Waals surface area contributed by atoms with Gasteiger partial charge in [0.2, 0.25) is 0 Å². The highest BCUT2D eigenvalue weighted by Gasteiger charge is 2.08. The van der Waals surface area contributed by atoms with Gasteiger partial charge in [-0.1, -0.05) is 27.7 Å².